The number of carbonyl (C=O) groups is 1. The molecule has 1 amide bonds. The Morgan fingerprint density at radius 3 is 2.47 bits per heavy atom. The van der Waals surface area contributed by atoms with Crippen molar-refractivity contribution in [2.45, 2.75) is 39.7 Å². The fourth-order valence-corrected chi connectivity index (χ4v) is 4.02. The number of aryl methyl sites for hydroxylation is 2. The molecule has 1 aliphatic heterocycles. The van der Waals surface area contributed by atoms with Crippen LogP contribution in [0.3, 0.4) is 0 Å². The highest BCUT2D eigenvalue weighted by molar-refractivity contribution is 5.79. The van der Waals surface area contributed by atoms with Crippen LogP contribution in [0, 0.1) is 19.8 Å². The maximum atomic E-state index is 12.8. The third-order valence-electron chi connectivity index (χ3n) is 5.95. The van der Waals surface area contributed by atoms with Crippen molar-refractivity contribution >= 4 is 11.7 Å². The summed E-state index contributed by atoms with van der Waals surface area (Å²) < 4.78 is 6.03. The second kappa shape index (κ2) is 9.81. The highest BCUT2D eigenvalue weighted by atomic mass is 16.5. The summed E-state index contributed by atoms with van der Waals surface area (Å²) in [6.45, 7) is 7.60. The predicted octanol–water partition coefficient (Wildman–Crippen LogP) is 4.98. The van der Waals surface area contributed by atoms with Crippen LogP contribution in [0.5, 0.6) is 11.6 Å². The third kappa shape index (κ3) is 5.25. The largest absolute Gasteiger partial charge is 0.436 e. The molecule has 0 saturated carbocycles. The van der Waals surface area contributed by atoms with Gasteiger partial charge in [-0.1, -0.05) is 42.0 Å². The Balaban J connectivity index is 1.36. The van der Waals surface area contributed by atoms with Gasteiger partial charge in [-0.3, -0.25) is 4.79 Å². The number of nitrogens with zero attached hydrogens (tertiary/aromatic N) is 3. The molecule has 2 heterocycles. The summed E-state index contributed by atoms with van der Waals surface area (Å²) in [6, 6.07) is 16.2. The Kier molecular flexibility index (Phi) is 6.69. The van der Waals surface area contributed by atoms with Gasteiger partial charge in [0.1, 0.15) is 5.75 Å². The standard InChI is InChI=1S/C26H30N4O2/c1-18-7-9-21(10-8-18)20(3)29-25(31)22-11-15-30(16-12-22)24-26(28-14-13-27-24)32-23-6-4-5-19(2)17-23/h4-10,13-14,17,20,22H,11-12,15-16H2,1-3H3,(H,29,31)/t20-/m1/s1. The van der Waals surface area contributed by atoms with E-state index >= 15 is 0 Å². The van der Waals surface area contributed by atoms with E-state index in [1.54, 1.807) is 12.4 Å². The van der Waals surface area contributed by atoms with E-state index in [0.717, 1.165) is 48.6 Å². The van der Waals surface area contributed by atoms with E-state index in [1.165, 1.54) is 5.56 Å². The first-order valence-electron chi connectivity index (χ1n) is 11.2. The van der Waals surface area contributed by atoms with Gasteiger partial charge in [-0.15, -0.1) is 0 Å². The monoisotopic (exact) mass is 430 g/mol. The maximum absolute atomic E-state index is 12.8. The summed E-state index contributed by atoms with van der Waals surface area (Å²) in [5.41, 5.74) is 3.47. The smallest absolute Gasteiger partial charge is 0.263 e. The Bertz CT molecular complexity index is 1060. The summed E-state index contributed by atoms with van der Waals surface area (Å²) in [5.74, 6) is 2.08. The Labute approximate surface area is 189 Å². The van der Waals surface area contributed by atoms with Gasteiger partial charge in [-0.05, 0) is 56.9 Å². The fourth-order valence-electron chi connectivity index (χ4n) is 4.02. The number of rotatable bonds is 6. The lowest BCUT2D eigenvalue weighted by Gasteiger charge is -2.33. The van der Waals surface area contributed by atoms with Crippen LogP contribution in [0.2, 0.25) is 0 Å². The van der Waals surface area contributed by atoms with Gasteiger partial charge in [0.25, 0.3) is 5.88 Å². The van der Waals surface area contributed by atoms with E-state index in [-0.39, 0.29) is 17.9 Å². The molecule has 1 aliphatic rings. The second-order valence-corrected chi connectivity index (χ2v) is 8.51. The molecule has 1 fully saturated rings. The number of hydrogen-bond donors (Lipinski definition) is 1. The molecule has 166 valence electrons. The van der Waals surface area contributed by atoms with Gasteiger partial charge in [0.05, 0.1) is 6.04 Å². The van der Waals surface area contributed by atoms with Crippen molar-refractivity contribution in [3.05, 3.63) is 77.6 Å². The predicted molar refractivity (Wildman–Crippen MR) is 126 cm³/mol. The molecule has 0 radical (unpaired) electrons. The SMILES string of the molecule is Cc1ccc([C@@H](C)NC(=O)C2CCN(c3nccnc3Oc3cccc(C)c3)CC2)cc1. The first-order chi connectivity index (χ1) is 15.5. The molecule has 1 saturated heterocycles. The Morgan fingerprint density at radius 1 is 1.03 bits per heavy atom. The van der Waals surface area contributed by atoms with Gasteiger partial charge in [-0.2, -0.15) is 0 Å². The van der Waals surface area contributed by atoms with Crippen molar-refractivity contribution in [3.8, 4) is 11.6 Å². The number of anilines is 1. The molecule has 0 aliphatic carbocycles. The molecule has 2 aromatic carbocycles. The van der Waals surface area contributed by atoms with Crippen LogP contribution in [-0.4, -0.2) is 29.0 Å². The molecule has 1 atom stereocenters. The molecule has 0 bridgehead atoms. The zero-order valence-corrected chi connectivity index (χ0v) is 18.9. The van der Waals surface area contributed by atoms with E-state index in [0.29, 0.717) is 5.88 Å². The lowest BCUT2D eigenvalue weighted by molar-refractivity contribution is -0.126. The molecule has 4 rings (SSSR count). The minimum Gasteiger partial charge on any atom is -0.436 e. The van der Waals surface area contributed by atoms with Crippen molar-refractivity contribution in [2.24, 2.45) is 5.92 Å². The van der Waals surface area contributed by atoms with E-state index in [1.807, 2.05) is 38.1 Å². The molecule has 6 heteroatoms. The van der Waals surface area contributed by atoms with Crippen LogP contribution in [0.15, 0.2) is 60.9 Å². The zero-order chi connectivity index (χ0) is 22.5. The summed E-state index contributed by atoms with van der Waals surface area (Å²) in [5, 5.41) is 3.18. The summed E-state index contributed by atoms with van der Waals surface area (Å²) in [6.07, 6.45) is 4.86. The van der Waals surface area contributed by atoms with E-state index < -0.39 is 0 Å². The Morgan fingerprint density at radius 2 is 1.75 bits per heavy atom. The number of aromatic nitrogens is 2. The highest BCUT2D eigenvalue weighted by Crippen LogP contribution is 2.31. The zero-order valence-electron chi connectivity index (χ0n) is 18.9. The topological polar surface area (TPSA) is 67.4 Å². The molecule has 32 heavy (non-hydrogen) atoms. The quantitative estimate of drug-likeness (QED) is 0.597. The van der Waals surface area contributed by atoms with Crippen molar-refractivity contribution in [1.29, 1.82) is 0 Å². The molecule has 6 nitrogen and oxygen atoms in total. The minimum atomic E-state index is -0.00421. The van der Waals surface area contributed by atoms with Gasteiger partial charge >= 0.3 is 0 Å². The van der Waals surface area contributed by atoms with Crippen LogP contribution < -0.4 is 15.0 Å². The molecular weight excluding hydrogens is 400 g/mol. The lowest BCUT2D eigenvalue weighted by Crippen LogP contribution is -2.41. The van der Waals surface area contributed by atoms with Crippen LogP contribution in [-0.2, 0) is 4.79 Å². The number of nitrogens with one attached hydrogen (secondary N) is 1. The van der Waals surface area contributed by atoms with Gasteiger partial charge in [0, 0.05) is 31.4 Å². The third-order valence-corrected chi connectivity index (χ3v) is 5.95. The first-order valence-corrected chi connectivity index (χ1v) is 11.2. The number of carbonyl (C=O) groups excluding carboxylic acids is 1. The first kappa shape index (κ1) is 21.8. The molecule has 1 N–H and O–H groups in total. The normalized spacial score (nSPS) is 15.3. The van der Waals surface area contributed by atoms with Crippen LogP contribution in [0.4, 0.5) is 5.82 Å². The van der Waals surface area contributed by atoms with Crippen LogP contribution in [0.25, 0.3) is 0 Å². The van der Waals surface area contributed by atoms with E-state index in [4.69, 9.17) is 4.74 Å². The maximum Gasteiger partial charge on any atom is 0.263 e. The van der Waals surface area contributed by atoms with E-state index in [9.17, 15) is 4.79 Å². The van der Waals surface area contributed by atoms with Gasteiger partial charge in [-0.25, -0.2) is 9.97 Å². The van der Waals surface area contributed by atoms with E-state index in [2.05, 4.69) is 51.4 Å². The van der Waals surface area contributed by atoms with Crippen molar-refractivity contribution in [1.82, 2.24) is 15.3 Å². The Hall–Kier alpha value is -3.41. The van der Waals surface area contributed by atoms with Crippen molar-refractivity contribution < 1.29 is 9.53 Å². The van der Waals surface area contributed by atoms with Crippen LogP contribution in [0.1, 0.15) is 42.5 Å². The number of hydrogen-bond acceptors (Lipinski definition) is 5. The molecule has 3 aromatic rings. The second-order valence-electron chi connectivity index (χ2n) is 8.51. The minimum absolute atomic E-state index is 0.00281. The lowest BCUT2D eigenvalue weighted by atomic mass is 9.95. The molecule has 0 unspecified atom stereocenters. The molecule has 1 aromatic heterocycles. The fraction of sp³-hybridized carbons (Fsp3) is 0.346. The van der Waals surface area contributed by atoms with Crippen LogP contribution >= 0.6 is 0 Å². The van der Waals surface area contributed by atoms with Gasteiger partial charge < -0.3 is 15.0 Å². The molecular formula is C26H30N4O2. The molecule has 0 spiro atoms. The number of benzene rings is 2. The van der Waals surface area contributed by atoms with Gasteiger partial charge in [0.15, 0.2) is 5.82 Å². The average molecular weight is 431 g/mol. The number of ether oxygens (including phenoxy) is 1. The number of amides is 1. The van der Waals surface area contributed by atoms with Gasteiger partial charge in [0.2, 0.25) is 5.91 Å². The summed E-state index contributed by atoms with van der Waals surface area (Å²) in [4.78, 5) is 23.9. The average Bonchev–Trinajstić information content (AvgIpc) is 2.80. The summed E-state index contributed by atoms with van der Waals surface area (Å²) >= 11 is 0. The highest BCUT2D eigenvalue weighted by Gasteiger charge is 2.28. The summed E-state index contributed by atoms with van der Waals surface area (Å²) in [7, 11) is 0. The van der Waals surface area contributed by atoms with Crippen molar-refractivity contribution in [2.75, 3.05) is 18.0 Å². The van der Waals surface area contributed by atoms with Crippen molar-refractivity contribution in [3.63, 3.8) is 0 Å². The number of piperidine rings is 1.